The second kappa shape index (κ2) is 9.33. The molecule has 0 amide bonds. The molecule has 0 nitrogen and oxygen atoms in total. The van der Waals surface area contributed by atoms with Crippen LogP contribution in [-0.4, -0.2) is 0 Å². The van der Waals surface area contributed by atoms with E-state index in [0.29, 0.717) is 11.8 Å². The molecule has 0 aliphatic heterocycles. The molecule has 0 bridgehead atoms. The number of fused-ring (bicyclic) bond motifs is 6. The molecule has 0 N–H and O–H groups in total. The first-order valence-corrected chi connectivity index (χ1v) is 25.4. The Balaban J connectivity index is 1.57. The van der Waals surface area contributed by atoms with Gasteiger partial charge in [0.1, 0.15) is 0 Å². The summed E-state index contributed by atoms with van der Waals surface area (Å²) >= 11 is -4.19. The summed E-state index contributed by atoms with van der Waals surface area (Å²) in [6.45, 7) is 4.55. The fraction of sp³-hybridized carbons (Fsp3) is 0.250. The third kappa shape index (κ3) is 3.64. The number of benzene rings is 4. The van der Waals surface area contributed by atoms with Crippen LogP contribution in [0.15, 0.2) is 84.9 Å². The molecule has 0 saturated carbocycles. The zero-order chi connectivity index (χ0) is 24.2. The van der Waals surface area contributed by atoms with Crippen LogP contribution in [0.5, 0.6) is 0 Å². The molecule has 0 saturated heterocycles. The number of rotatable bonds is 6. The van der Waals surface area contributed by atoms with Gasteiger partial charge in [0.15, 0.2) is 0 Å². The van der Waals surface area contributed by atoms with Crippen molar-refractivity contribution in [2.24, 2.45) is 0 Å². The molecule has 35 heavy (non-hydrogen) atoms. The van der Waals surface area contributed by atoms with E-state index >= 15 is 0 Å². The Hall–Kier alpha value is -1.67. The molecule has 4 aromatic carbocycles. The molecular weight excluding hydrogens is 634 g/mol. The van der Waals surface area contributed by atoms with E-state index < -0.39 is 17.6 Å². The van der Waals surface area contributed by atoms with Crippen molar-refractivity contribution in [3.8, 4) is 22.3 Å². The van der Waals surface area contributed by atoms with E-state index in [9.17, 15) is 0 Å². The number of hydrogen-bond donors (Lipinski definition) is 0. The van der Waals surface area contributed by atoms with Crippen molar-refractivity contribution < 1.29 is 17.6 Å². The van der Waals surface area contributed by atoms with E-state index in [0.717, 1.165) is 25.7 Å². The van der Waals surface area contributed by atoms with Crippen LogP contribution in [0.1, 0.15) is 73.6 Å². The van der Waals surface area contributed by atoms with Gasteiger partial charge in [0.2, 0.25) is 0 Å². The molecule has 0 heterocycles. The van der Waals surface area contributed by atoms with Crippen LogP contribution < -0.4 is 6.64 Å². The predicted octanol–water partition coefficient (Wildman–Crippen LogP) is 8.92. The fourth-order valence-electron chi connectivity index (χ4n) is 6.62. The summed E-state index contributed by atoms with van der Waals surface area (Å²) in [5.41, 5.74) is 11.1. The van der Waals surface area contributed by atoms with Gasteiger partial charge in [-0.05, 0) is 0 Å². The molecule has 2 aliphatic rings. The van der Waals surface area contributed by atoms with Crippen molar-refractivity contribution in [3.63, 3.8) is 0 Å². The van der Waals surface area contributed by atoms with Crippen LogP contribution in [0.3, 0.4) is 0 Å². The predicted molar refractivity (Wildman–Crippen MR) is 148 cm³/mol. The Kier molecular flexibility index (Phi) is 6.32. The van der Waals surface area contributed by atoms with E-state index in [1.807, 2.05) is 0 Å². The van der Waals surface area contributed by atoms with Crippen molar-refractivity contribution in [1.82, 2.24) is 0 Å². The monoisotopic (exact) mass is 664 g/mol. The van der Waals surface area contributed by atoms with Gasteiger partial charge in [0.25, 0.3) is 0 Å². The summed E-state index contributed by atoms with van der Waals surface area (Å²) < 4.78 is 2.51. The van der Waals surface area contributed by atoms with E-state index in [4.69, 9.17) is 17.2 Å². The van der Waals surface area contributed by atoms with Gasteiger partial charge in [-0.1, -0.05) is 0 Å². The molecule has 6 rings (SSSR count). The molecule has 0 aromatic heterocycles. The third-order valence-electron chi connectivity index (χ3n) is 7.99. The van der Waals surface area contributed by atoms with Crippen molar-refractivity contribution in [1.29, 1.82) is 0 Å². The van der Waals surface area contributed by atoms with E-state index in [2.05, 4.69) is 98.8 Å². The Morgan fingerprint density at radius 2 is 0.943 bits per heavy atom. The fourth-order valence-corrected chi connectivity index (χ4v) is 19.9. The van der Waals surface area contributed by atoms with E-state index in [1.54, 1.807) is 0 Å². The van der Waals surface area contributed by atoms with Gasteiger partial charge in [-0.15, -0.1) is 0 Å². The topological polar surface area (TPSA) is 0 Å². The molecule has 2 unspecified atom stereocenters. The first-order chi connectivity index (χ1) is 17.1. The molecule has 4 aromatic rings. The third-order valence-corrected chi connectivity index (χ3v) is 22.7. The molecule has 2 aliphatic carbocycles. The quantitative estimate of drug-likeness (QED) is 0.181. The second-order valence-corrected chi connectivity index (χ2v) is 28.8. The van der Waals surface area contributed by atoms with Crippen LogP contribution in [0.2, 0.25) is 0 Å². The van der Waals surface area contributed by atoms with E-state index in [-0.39, 0.29) is 0 Å². The zero-order valence-electron chi connectivity index (χ0n) is 20.3. The maximum atomic E-state index is 7.76. The van der Waals surface area contributed by atoms with Gasteiger partial charge in [-0.3, -0.25) is 0 Å². The summed E-state index contributed by atoms with van der Waals surface area (Å²) in [6.07, 6.45) is 4.51. The van der Waals surface area contributed by atoms with Gasteiger partial charge in [-0.25, -0.2) is 0 Å². The molecule has 176 valence electrons. The van der Waals surface area contributed by atoms with Crippen LogP contribution in [-0.2, 0) is 17.6 Å². The Labute approximate surface area is 220 Å². The average molecular weight is 664 g/mol. The summed E-state index contributed by atoms with van der Waals surface area (Å²) in [5, 5.41) is 0. The number of halogens is 2. The van der Waals surface area contributed by atoms with Crippen molar-refractivity contribution in [2.75, 3.05) is 0 Å². The Morgan fingerprint density at radius 3 is 1.37 bits per heavy atom. The Bertz CT molecular complexity index is 1310. The van der Waals surface area contributed by atoms with Crippen molar-refractivity contribution in [2.45, 2.75) is 51.4 Å². The minimum absolute atomic E-state index is 0.375. The maximum absolute atomic E-state index is 7.76. The van der Waals surface area contributed by atoms with Gasteiger partial charge in [0.05, 0.1) is 0 Å². The molecule has 3 heteroatoms. The zero-order valence-corrected chi connectivity index (χ0v) is 25.4. The minimum atomic E-state index is -4.19. The average Bonchev–Trinajstić information content (AvgIpc) is 3.38. The molecule has 0 radical (unpaired) electrons. The molecule has 2 atom stereocenters. The molecular formula is C32H30Cl2Hf. The SMILES string of the molecule is CCCC1c2ccccc2-c2ccc[c]([Hf]([Cl])([Cl])[c]3cccc4c3C(CCC)c3ccccc3-4)c21. The Morgan fingerprint density at radius 1 is 0.543 bits per heavy atom. The van der Waals surface area contributed by atoms with E-state index in [1.165, 1.54) is 51.1 Å². The standard InChI is InChI=1S/2C16H15.2ClH.Hf/c2*1-2-7-12-13-8-3-5-10-15(13)16-11-6-4-9-14(12)16;;;/h2*3-6,8,10-12H,2,7H2,1H3;2*1H;/q;;;;+2/p-2. The van der Waals surface area contributed by atoms with Crippen LogP contribution in [0, 0.1) is 0 Å². The van der Waals surface area contributed by atoms with Crippen molar-refractivity contribution >= 4 is 23.8 Å². The van der Waals surface area contributed by atoms with Gasteiger partial charge >= 0.3 is 222 Å². The summed E-state index contributed by atoms with van der Waals surface area (Å²) in [4.78, 5) is 0. The summed E-state index contributed by atoms with van der Waals surface area (Å²) in [5.74, 6) is 0.749. The van der Waals surface area contributed by atoms with Gasteiger partial charge in [-0.2, -0.15) is 0 Å². The van der Waals surface area contributed by atoms with Crippen LogP contribution in [0.4, 0.5) is 0 Å². The summed E-state index contributed by atoms with van der Waals surface area (Å²) in [6, 6.07) is 31.2. The normalized spacial score (nSPS) is 17.6. The number of hydrogen-bond acceptors (Lipinski definition) is 0. The second-order valence-electron chi connectivity index (χ2n) is 9.97. The van der Waals surface area contributed by atoms with Gasteiger partial charge < -0.3 is 0 Å². The summed E-state index contributed by atoms with van der Waals surface area (Å²) in [7, 11) is 15.5. The van der Waals surface area contributed by atoms with Crippen LogP contribution in [0.25, 0.3) is 22.3 Å². The first kappa shape index (κ1) is 23.7. The van der Waals surface area contributed by atoms with Gasteiger partial charge in [0, 0.05) is 0 Å². The molecule has 0 spiro atoms. The van der Waals surface area contributed by atoms with Crippen molar-refractivity contribution in [3.05, 3.63) is 107 Å². The molecule has 0 fully saturated rings. The first-order valence-electron chi connectivity index (χ1n) is 12.9. The van der Waals surface area contributed by atoms with Crippen LogP contribution >= 0.6 is 17.2 Å².